The number of hydrogen-bond donors (Lipinski definition) is 1. The molecule has 0 aliphatic heterocycles. The van der Waals surface area contributed by atoms with E-state index in [0.29, 0.717) is 0 Å². The maximum atomic E-state index is 13.0. The minimum Gasteiger partial charge on any atom is -0.507 e. The van der Waals surface area contributed by atoms with Crippen molar-refractivity contribution in [2.75, 3.05) is 6.86 Å². The third kappa shape index (κ3) is 1.66. The third-order valence-electron chi connectivity index (χ3n) is 1.24. The first kappa shape index (κ1) is 9.25. The largest absolute Gasteiger partial charge is 0.507 e. The molecule has 0 aliphatic carbocycles. The molecule has 66 valence electrons. The van der Waals surface area contributed by atoms with Crippen LogP contribution in [0.15, 0.2) is 16.6 Å². The van der Waals surface area contributed by atoms with E-state index in [9.17, 15) is 8.78 Å². The number of rotatable bonds is 2. The third-order valence-corrected chi connectivity index (χ3v) is 1.99. The summed E-state index contributed by atoms with van der Waals surface area (Å²) in [7, 11) is 0. The van der Waals surface area contributed by atoms with Gasteiger partial charge in [0, 0.05) is 0 Å². The molecule has 0 heterocycles. The van der Waals surface area contributed by atoms with Crippen LogP contribution >= 0.6 is 15.9 Å². The van der Waals surface area contributed by atoms with Crippen LogP contribution in [0.3, 0.4) is 0 Å². The van der Waals surface area contributed by atoms with E-state index in [-0.39, 0.29) is 16.0 Å². The van der Waals surface area contributed by atoms with Gasteiger partial charge in [-0.3, -0.25) is 0 Å². The number of aromatic hydroxyl groups is 1. The molecular weight excluding hydrogens is 234 g/mol. The minimum atomic E-state index is -1.10. The highest BCUT2D eigenvalue weighted by molar-refractivity contribution is 9.10. The van der Waals surface area contributed by atoms with Crippen LogP contribution in [0.25, 0.3) is 0 Å². The molecule has 0 radical (unpaired) electrons. The van der Waals surface area contributed by atoms with Crippen molar-refractivity contribution in [2.24, 2.45) is 0 Å². The molecule has 0 unspecified atom stereocenters. The van der Waals surface area contributed by atoms with Gasteiger partial charge in [-0.25, -0.2) is 8.78 Å². The van der Waals surface area contributed by atoms with Crippen molar-refractivity contribution >= 4 is 15.9 Å². The second kappa shape index (κ2) is 3.71. The van der Waals surface area contributed by atoms with Gasteiger partial charge in [-0.15, -0.1) is 0 Å². The summed E-state index contributed by atoms with van der Waals surface area (Å²) in [4.78, 5) is 0. The van der Waals surface area contributed by atoms with Crippen molar-refractivity contribution in [3.8, 4) is 11.5 Å². The Balaban J connectivity index is 3.08. The number of phenolic OH excluding ortho intramolecular Hbond substituents is 1. The molecule has 1 N–H and O–H groups in total. The van der Waals surface area contributed by atoms with Crippen molar-refractivity contribution in [1.82, 2.24) is 0 Å². The van der Waals surface area contributed by atoms with Crippen molar-refractivity contribution in [1.29, 1.82) is 0 Å². The van der Waals surface area contributed by atoms with Gasteiger partial charge < -0.3 is 9.84 Å². The Bertz CT molecular complexity index is 291. The van der Waals surface area contributed by atoms with Gasteiger partial charge in [0.25, 0.3) is 0 Å². The Hall–Kier alpha value is -0.840. The first-order valence-corrected chi connectivity index (χ1v) is 3.82. The highest BCUT2D eigenvalue weighted by atomic mass is 79.9. The summed E-state index contributed by atoms with van der Waals surface area (Å²) >= 11 is 2.77. The normalized spacial score (nSPS) is 9.92. The Morgan fingerprint density at radius 3 is 2.75 bits per heavy atom. The molecule has 0 aromatic heterocycles. The molecule has 0 fully saturated rings. The summed E-state index contributed by atoms with van der Waals surface area (Å²) in [5, 5.41) is 8.96. The summed E-state index contributed by atoms with van der Waals surface area (Å²) in [6.45, 7) is -1.10. The predicted octanol–water partition coefficient (Wildman–Crippen LogP) is 2.60. The van der Waals surface area contributed by atoms with E-state index in [1.54, 1.807) is 0 Å². The maximum absolute atomic E-state index is 13.0. The van der Waals surface area contributed by atoms with Crippen molar-refractivity contribution in [3.63, 3.8) is 0 Å². The number of ether oxygens (including phenoxy) is 1. The van der Waals surface area contributed by atoms with Crippen molar-refractivity contribution in [2.45, 2.75) is 0 Å². The van der Waals surface area contributed by atoms with E-state index < -0.39 is 12.7 Å². The van der Waals surface area contributed by atoms with E-state index in [0.717, 1.165) is 6.07 Å². The molecule has 1 aromatic rings. The average molecular weight is 239 g/mol. The molecule has 0 saturated heterocycles. The van der Waals surface area contributed by atoms with E-state index >= 15 is 0 Å². The summed E-state index contributed by atoms with van der Waals surface area (Å²) < 4.78 is 28.7. The average Bonchev–Trinajstić information content (AvgIpc) is 2.07. The number of hydrogen-bond acceptors (Lipinski definition) is 2. The van der Waals surface area contributed by atoms with Crippen LogP contribution in [0.2, 0.25) is 0 Å². The number of benzene rings is 1. The fraction of sp³-hybridized carbons (Fsp3) is 0.143. The Labute approximate surface area is 75.9 Å². The summed E-state index contributed by atoms with van der Waals surface area (Å²) in [6, 6.07) is 2.35. The molecule has 1 rings (SSSR count). The summed E-state index contributed by atoms with van der Waals surface area (Å²) in [5.41, 5.74) is 0. The number of alkyl halides is 1. The van der Waals surface area contributed by atoms with Gasteiger partial charge in [-0.05, 0) is 28.1 Å². The molecule has 5 heteroatoms. The van der Waals surface area contributed by atoms with Gasteiger partial charge in [0.1, 0.15) is 5.75 Å². The second-order valence-electron chi connectivity index (χ2n) is 1.96. The standard InChI is InChI=1S/C7H5BrF2O2/c8-6-4(11)1-2-5(7(6)10)12-3-9/h1-2,11H,3H2. The smallest absolute Gasteiger partial charge is 0.228 e. The molecule has 0 bridgehead atoms. The van der Waals surface area contributed by atoms with E-state index in [4.69, 9.17) is 5.11 Å². The second-order valence-corrected chi connectivity index (χ2v) is 2.76. The zero-order valence-electron chi connectivity index (χ0n) is 5.85. The molecule has 0 atom stereocenters. The van der Waals surface area contributed by atoms with Crippen LogP contribution in [-0.4, -0.2) is 12.0 Å². The number of halogens is 3. The van der Waals surface area contributed by atoms with Gasteiger partial charge in [0.05, 0.1) is 4.47 Å². The van der Waals surface area contributed by atoms with E-state index in [1.165, 1.54) is 6.07 Å². The maximum Gasteiger partial charge on any atom is 0.228 e. The molecule has 0 amide bonds. The fourth-order valence-corrected chi connectivity index (χ4v) is 1.02. The Kier molecular flexibility index (Phi) is 2.86. The monoisotopic (exact) mass is 238 g/mol. The Morgan fingerprint density at radius 1 is 1.50 bits per heavy atom. The van der Waals surface area contributed by atoms with Gasteiger partial charge in [0.15, 0.2) is 11.6 Å². The molecule has 12 heavy (non-hydrogen) atoms. The highest BCUT2D eigenvalue weighted by Gasteiger charge is 2.10. The summed E-state index contributed by atoms with van der Waals surface area (Å²) in [6.07, 6.45) is 0. The zero-order chi connectivity index (χ0) is 9.14. The molecule has 0 spiro atoms. The van der Waals surface area contributed by atoms with Crippen molar-refractivity contribution < 1.29 is 18.6 Å². The zero-order valence-corrected chi connectivity index (χ0v) is 7.44. The van der Waals surface area contributed by atoms with Crippen LogP contribution in [0, 0.1) is 5.82 Å². The van der Waals surface area contributed by atoms with Gasteiger partial charge in [0.2, 0.25) is 6.86 Å². The first-order chi connectivity index (χ1) is 5.66. The predicted molar refractivity (Wildman–Crippen MR) is 42.4 cm³/mol. The van der Waals surface area contributed by atoms with Crippen LogP contribution in [0.5, 0.6) is 11.5 Å². The van der Waals surface area contributed by atoms with Crippen LogP contribution in [-0.2, 0) is 0 Å². The molecular formula is C7H5BrF2O2. The molecule has 0 saturated carbocycles. The highest BCUT2D eigenvalue weighted by Crippen LogP contribution is 2.32. The van der Waals surface area contributed by atoms with Gasteiger partial charge >= 0.3 is 0 Å². The Morgan fingerprint density at radius 2 is 2.17 bits per heavy atom. The van der Waals surface area contributed by atoms with Crippen LogP contribution in [0.1, 0.15) is 0 Å². The van der Waals surface area contributed by atoms with E-state index in [2.05, 4.69) is 20.7 Å². The summed E-state index contributed by atoms with van der Waals surface area (Å²) in [5.74, 6) is -1.30. The molecule has 1 aromatic carbocycles. The quantitative estimate of drug-likeness (QED) is 0.859. The van der Waals surface area contributed by atoms with Crippen LogP contribution < -0.4 is 4.74 Å². The molecule has 0 aliphatic rings. The lowest BCUT2D eigenvalue weighted by Crippen LogP contribution is -1.93. The SMILES string of the molecule is Oc1ccc(OCF)c(F)c1Br. The van der Waals surface area contributed by atoms with Gasteiger partial charge in [-0.1, -0.05) is 0 Å². The lowest BCUT2D eigenvalue weighted by molar-refractivity contribution is 0.183. The topological polar surface area (TPSA) is 29.5 Å². The minimum absolute atomic E-state index is 0.131. The number of phenols is 1. The van der Waals surface area contributed by atoms with Crippen LogP contribution in [0.4, 0.5) is 8.78 Å². The molecule has 2 nitrogen and oxygen atoms in total. The fourth-order valence-electron chi connectivity index (χ4n) is 0.692. The van der Waals surface area contributed by atoms with Gasteiger partial charge in [-0.2, -0.15) is 0 Å². The lowest BCUT2D eigenvalue weighted by Gasteiger charge is -2.04. The van der Waals surface area contributed by atoms with E-state index in [1.807, 2.05) is 0 Å². The first-order valence-electron chi connectivity index (χ1n) is 3.02. The van der Waals surface area contributed by atoms with Crippen molar-refractivity contribution in [3.05, 3.63) is 22.4 Å². The lowest BCUT2D eigenvalue weighted by atomic mass is 10.3.